The van der Waals surface area contributed by atoms with Gasteiger partial charge in [0.25, 0.3) is 5.88 Å². The van der Waals surface area contributed by atoms with Crippen molar-refractivity contribution in [3.8, 4) is 17.6 Å². The molecule has 1 fully saturated rings. The number of H-pyrrole nitrogens is 1. The summed E-state index contributed by atoms with van der Waals surface area (Å²) in [5.41, 5.74) is 1.95. The first kappa shape index (κ1) is 21.7. The van der Waals surface area contributed by atoms with Gasteiger partial charge in [-0.3, -0.25) is 4.98 Å². The maximum absolute atomic E-state index is 5.75. The van der Waals surface area contributed by atoms with E-state index in [1.54, 1.807) is 24.7 Å². The average molecular weight is 460 g/mol. The van der Waals surface area contributed by atoms with Crippen LogP contribution in [-0.4, -0.2) is 65.7 Å². The first-order chi connectivity index (χ1) is 16.8. The number of pyridine rings is 1. The Bertz CT molecular complexity index is 1240. The number of nitrogens with one attached hydrogen (secondary N) is 1. The summed E-state index contributed by atoms with van der Waals surface area (Å²) in [6.07, 6.45) is 6.87. The van der Waals surface area contributed by atoms with Crippen LogP contribution in [0, 0.1) is 0 Å². The molecule has 1 aliphatic heterocycles. The lowest BCUT2D eigenvalue weighted by atomic mass is 10.2. The third-order valence-electron chi connectivity index (χ3n) is 5.18. The summed E-state index contributed by atoms with van der Waals surface area (Å²) >= 11 is 0. The van der Waals surface area contributed by atoms with Crippen LogP contribution >= 0.6 is 0 Å². The second kappa shape index (κ2) is 10.6. The van der Waals surface area contributed by atoms with Crippen LogP contribution in [0.15, 0.2) is 66.2 Å². The first-order valence-corrected chi connectivity index (χ1v) is 11.0. The molecule has 0 unspecified atom stereocenters. The van der Waals surface area contributed by atoms with Crippen LogP contribution in [0.2, 0.25) is 0 Å². The van der Waals surface area contributed by atoms with Gasteiger partial charge in [0.1, 0.15) is 24.8 Å². The number of rotatable bonds is 9. The van der Waals surface area contributed by atoms with E-state index in [9.17, 15) is 0 Å². The largest absolute Gasteiger partial charge is 0.488 e. The maximum atomic E-state index is 5.75. The van der Waals surface area contributed by atoms with Gasteiger partial charge in [0.05, 0.1) is 25.6 Å². The minimum Gasteiger partial charge on any atom is -0.488 e. The number of nitrogens with zero attached hydrogens (tertiary/aromatic N) is 5. The van der Waals surface area contributed by atoms with Crippen molar-refractivity contribution in [1.82, 2.24) is 19.9 Å². The molecule has 0 amide bonds. The molecule has 174 valence electrons. The second-order valence-corrected chi connectivity index (χ2v) is 7.45. The number of anilines is 1. The molecule has 0 bridgehead atoms. The zero-order valence-electron chi connectivity index (χ0n) is 18.5. The van der Waals surface area contributed by atoms with Gasteiger partial charge in [0, 0.05) is 48.0 Å². The summed E-state index contributed by atoms with van der Waals surface area (Å²) in [7, 11) is 0. The summed E-state index contributed by atoms with van der Waals surface area (Å²) < 4.78 is 16.8. The summed E-state index contributed by atoms with van der Waals surface area (Å²) in [6.45, 7) is 3.30. The summed E-state index contributed by atoms with van der Waals surface area (Å²) in [6, 6.07) is 13.6. The van der Waals surface area contributed by atoms with Gasteiger partial charge in [-0.15, -0.1) is 0 Å². The van der Waals surface area contributed by atoms with E-state index < -0.39 is 0 Å². The first-order valence-electron chi connectivity index (χ1n) is 11.0. The minimum absolute atomic E-state index is 0.191. The van der Waals surface area contributed by atoms with E-state index >= 15 is 0 Å². The number of hydrogen-bond acceptors (Lipinski definition) is 9. The number of para-hydroxylation sites is 1. The number of aromatic nitrogens is 4. The number of morpholine rings is 1. The van der Waals surface area contributed by atoms with Gasteiger partial charge in [-0.25, -0.2) is 0 Å². The molecule has 0 aliphatic carbocycles. The summed E-state index contributed by atoms with van der Waals surface area (Å²) in [5, 5.41) is 5.19. The predicted molar refractivity (Wildman–Crippen MR) is 127 cm³/mol. The quantitative estimate of drug-likeness (QED) is 0.231. The zero-order valence-corrected chi connectivity index (χ0v) is 18.5. The Morgan fingerprint density at radius 1 is 1.06 bits per heavy atom. The van der Waals surface area contributed by atoms with Crippen molar-refractivity contribution in [2.45, 2.75) is 0 Å². The highest BCUT2D eigenvalue weighted by atomic mass is 16.6. The van der Waals surface area contributed by atoms with Crippen molar-refractivity contribution in [3.05, 3.63) is 66.6 Å². The Labute approximate surface area is 196 Å². The van der Waals surface area contributed by atoms with E-state index in [4.69, 9.17) is 19.0 Å². The Morgan fingerprint density at radius 3 is 2.82 bits per heavy atom. The Hall–Kier alpha value is -4.18. The van der Waals surface area contributed by atoms with Crippen molar-refractivity contribution in [1.29, 1.82) is 0 Å². The third kappa shape index (κ3) is 5.41. The van der Waals surface area contributed by atoms with Crippen molar-refractivity contribution in [3.63, 3.8) is 0 Å². The maximum Gasteiger partial charge on any atom is 0.321 e. The molecule has 1 aliphatic rings. The Balaban J connectivity index is 1.27. The van der Waals surface area contributed by atoms with Crippen molar-refractivity contribution < 1.29 is 19.0 Å². The molecule has 4 heterocycles. The SMILES string of the molecule is C(=N\Oc1cc(N2CCOCC2)nc(OCCOc2cccnc2)n1)/c1c[nH]c2ccccc12. The van der Waals surface area contributed by atoms with Gasteiger partial charge in [0.2, 0.25) is 0 Å². The molecule has 1 saturated heterocycles. The molecule has 4 aromatic rings. The predicted octanol–water partition coefficient (Wildman–Crippen LogP) is 3.06. The molecule has 0 atom stereocenters. The topological polar surface area (TPSA) is 107 Å². The molecule has 0 spiro atoms. The smallest absolute Gasteiger partial charge is 0.321 e. The molecule has 0 saturated carbocycles. The molecule has 10 nitrogen and oxygen atoms in total. The highest BCUT2D eigenvalue weighted by Crippen LogP contribution is 2.22. The van der Waals surface area contributed by atoms with Gasteiger partial charge >= 0.3 is 6.01 Å². The summed E-state index contributed by atoms with van der Waals surface area (Å²) in [4.78, 5) is 23.8. The minimum atomic E-state index is 0.191. The molecule has 34 heavy (non-hydrogen) atoms. The normalized spacial score (nSPS) is 13.9. The number of fused-ring (bicyclic) bond motifs is 1. The lowest BCUT2D eigenvalue weighted by Gasteiger charge is -2.27. The van der Waals surface area contributed by atoms with Crippen LogP contribution in [0.4, 0.5) is 5.82 Å². The Morgan fingerprint density at radius 2 is 1.94 bits per heavy atom. The van der Waals surface area contributed by atoms with Crippen LogP contribution in [0.25, 0.3) is 10.9 Å². The van der Waals surface area contributed by atoms with E-state index in [1.165, 1.54) is 0 Å². The van der Waals surface area contributed by atoms with Gasteiger partial charge in [0.15, 0.2) is 0 Å². The molecular formula is C24H24N6O4. The van der Waals surface area contributed by atoms with Crippen molar-refractivity contribution in [2.75, 3.05) is 44.4 Å². The number of oxime groups is 1. The molecule has 3 aromatic heterocycles. The molecule has 10 heteroatoms. The number of aromatic amines is 1. The fourth-order valence-electron chi connectivity index (χ4n) is 3.52. The van der Waals surface area contributed by atoms with E-state index in [-0.39, 0.29) is 18.5 Å². The van der Waals surface area contributed by atoms with Crippen LogP contribution in [0.1, 0.15) is 5.56 Å². The zero-order chi connectivity index (χ0) is 23.0. The second-order valence-electron chi connectivity index (χ2n) is 7.45. The summed E-state index contributed by atoms with van der Waals surface area (Å²) in [5.74, 6) is 1.65. The fourth-order valence-corrected chi connectivity index (χ4v) is 3.52. The molecule has 1 N–H and O–H groups in total. The molecule has 5 rings (SSSR count). The molecule has 1 aromatic carbocycles. The number of ether oxygens (including phenoxy) is 3. The van der Waals surface area contributed by atoms with Gasteiger partial charge in [-0.2, -0.15) is 9.97 Å². The van der Waals surface area contributed by atoms with Crippen LogP contribution < -0.4 is 19.2 Å². The van der Waals surface area contributed by atoms with Crippen LogP contribution in [0.3, 0.4) is 0 Å². The molecule has 0 radical (unpaired) electrons. The Kier molecular flexibility index (Phi) is 6.77. The van der Waals surface area contributed by atoms with Crippen molar-refractivity contribution in [2.24, 2.45) is 5.16 Å². The highest BCUT2D eigenvalue weighted by Gasteiger charge is 2.16. The fraction of sp³-hybridized carbons (Fsp3) is 0.250. The van der Waals surface area contributed by atoms with Crippen molar-refractivity contribution >= 4 is 22.9 Å². The van der Waals surface area contributed by atoms with Crippen LogP contribution in [0.5, 0.6) is 17.6 Å². The molecular weight excluding hydrogens is 436 g/mol. The van der Waals surface area contributed by atoms with E-state index in [0.717, 1.165) is 29.6 Å². The van der Waals surface area contributed by atoms with Crippen LogP contribution in [-0.2, 0) is 4.74 Å². The van der Waals surface area contributed by atoms with E-state index in [0.29, 0.717) is 31.4 Å². The lowest BCUT2D eigenvalue weighted by molar-refractivity contribution is 0.122. The van der Waals surface area contributed by atoms with E-state index in [1.807, 2.05) is 42.6 Å². The standard InChI is InChI=1S/C24H24N6O4/c1-2-6-21-20(5-1)18(15-26-21)16-27-34-23-14-22(30-8-10-31-11-9-30)28-24(29-23)33-13-12-32-19-4-3-7-25-17-19/h1-7,14-17,26H,8-13H2/b27-16+. The number of benzene rings is 1. The lowest BCUT2D eigenvalue weighted by Crippen LogP contribution is -2.36. The van der Waals surface area contributed by atoms with Gasteiger partial charge in [-0.05, 0) is 18.2 Å². The number of hydrogen-bond donors (Lipinski definition) is 1. The van der Waals surface area contributed by atoms with Gasteiger partial charge < -0.3 is 28.9 Å². The third-order valence-corrected chi connectivity index (χ3v) is 5.18. The monoisotopic (exact) mass is 460 g/mol. The average Bonchev–Trinajstić information content (AvgIpc) is 3.31. The highest BCUT2D eigenvalue weighted by molar-refractivity contribution is 5.98. The van der Waals surface area contributed by atoms with Gasteiger partial charge in [-0.1, -0.05) is 23.4 Å². The van der Waals surface area contributed by atoms with E-state index in [2.05, 4.69) is 30.0 Å².